The molecule has 0 rings (SSSR count). The molecule has 0 aliphatic rings. The molecule has 5 heteroatoms. The summed E-state index contributed by atoms with van der Waals surface area (Å²) in [5.41, 5.74) is 5.63. The van der Waals surface area contributed by atoms with Crippen LogP contribution in [-0.2, 0) is 19.1 Å². The van der Waals surface area contributed by atoms with E-state index < -0.39 is 12.0 Å². The van der Waals surface area contributed by atoms with Gasteiger partial charge in [0, 0.05) is 6.42 Å². The van der Waals surface area contributed by atoms with E-state index in [1.165, 1.54) is 0 Å². The van der Waals surface area contributed by atoms with Gasteiger partial charge in [0.15, 0.2) is 0 Å². The zero-order chi connectivity index (χ0) is 13.4. The predicted molar refractivity (Wildman–Crippen MR) is 64.3 cm³/mol. The van der Waals surface area contributed by atoms with Gasteiger partial charge in [-0.1, -0.05) is 0 Å². The maximum absolute atomic E-state index is 11.3. The zero-order valence-electron chi connectivity index (χ0n) is 11.1. The minimum absolute atomic E-state index is 0.109. The zero-order valence-corrected chi connectivity index (χ0v) is 11.1. The Morgan fingerprint density at radius 1 is 1.06 bits per heavy atom. The quantitative estimate of drug-likeness (QED) is 0.686. The van der Waals surface area contributed by atoms with Gasteiger partial charge in [-0.25, -0.2) is 0 Å². The van der Waals surface area contributed by atoms with Gasteiger partial charge in [0.25, 0.3) is 0 Å². The summed E-state index contributed by atoms with van der Waals surface area (Å²) in [7, 11) is 0. The number of carbonyl (C=O) groups is 2. The molecule has 0 aliphatic heterocycles. The summed E-state index contributed by atoms with van der Waals surface area (Å²) in [6, 6.07) is -0.663. The van der Waals surface area contributed by atoms with Crippen LogP contribution in [0.15, 0.2) is 0 Å². The molecule has 0 radical (unpaired) electrons. The lowest BCUT2D eigenvalue weighted by atomic mass is 10.1. The third-order valence-electron chi connectivity index (χ3n) is 1.92. The lowest BCUT2D eigenvalue weighted by molar-refractivity contribution is -0.150. The molecule has 0 aromatic carbocycles. The van der Waals surface area contributed by atoms with E-state index in [-0.39, 0.29) is 24.6 Å². The minimum atomic E-state index is -0.663. The van der Waals surface area contributed by atoms with Crippen molar-refractivity contribution in [1.29, 1.82) is 0 Å². The van der Waals surface area contributed by atoms with Gasteiger partial charge in [-0.15, -0.1) is 0 Å². The molecule has 0 heterocycles. The van der Waals surface area contributed by atoms with E-state index in [4.69, 9.17) is 15.2 Å². The van der Waals surface area contributed by atoms with Gasteiger partial charge >= 0.3 is 11.9 Å². The third kappa shape index (κ3) is 8.68. The first-order valence-corrected chi connectivity index (χ1v) is 5.98. The van der Waals surface area contributed by atoms with Gasteiger partial charge in [0.05, 0.1) is 12.2 Å². The van der Waals surface area contributed by atoms with Crippen LogP contribution in [0, 0.1) is 0 Å². The molecule has 0 saturated heterocycles. The summed E-state index contributed by atoms with van der Waals surface area (Å²) >= 11 is 0. The van der Waals surface area contributed by atoms with Crippen LogP contribution in [0.2, 0.25) is 0 Å². The van der Waals surface area contributed by atoms with Crippen molar-refractivity contribution >= 4 is 11.9 Å². The molecule has 0 aromatic heterocycles. The van der Waals surface area contributed by atoms with Gasteiger partial charge < -0.3 is 15.2 Å². The molecular formula is C12H23NO4. The highest BCUT2D eigenvalue weighted by molar-refractivity contribution is 5.75. The molecule has 1 atom stereocenters. The van der Waals surface area contributed by atoms with E-state index in [9.17, 15) is 9.59 Å². The predicted octanol–water partition coefficient (Wildman–Crippen LogP) is 1.39. The van der Waals surface area contributed by atoms with Crippen molar-refractivity contribution in [1.82, 2.24) is 0 Å². The maximum atomic E-state index is 11.3. The molecule has 0 bridgehead atoms. The summed E-state index contributed by atoms with van der Waals surface area (Å²) in [6.07, 6.45) is 0.959. The maximum Gasteiger partial charge on any atom is 0.323 e. The second kappa shape index (κ2) is 8.06. The second-order valence-corrected chi connectivity index (χ2v) is 4.52. The van der Waals surface area contributed by atoms with Gasteiger partial charge in [-0.05, 0) is 40.5 Å². The molecule has 0 aromatic rings. The highest BCUT2D eigenvalue weighted by Crippen LogP contribution is 2.04. The standard InChI is InChI=1S/C12H23NO4/c1-8(2)16-11(14)7-5-6-10(13)12(15)17-9(3)4/h8-10H,5-7,13H2,1-4H3/t10-/m0/s1. The average molecular weight is 245 g/mol. The molecule has 0 unspecified atom stereocenters. The summed E-state index contributed by atoms with van der Waals surface area (Å²) in [5.74, 6) is -0.679. The van der Waals surface area contributed by atoms with Crippen LogP contribution in [0.3, 0.4) is 0 Å². The average Bonchev–Trinajstić information content (AvgIpc) is 2.14. The van der Waals surface area contributed by atoms with Crippen LogP contribution in [0.1, 0.15) is 47.0 Å². The molecule has 0 aliphatic carbocycles. The third-order valence-corrected chi connectivity index (χ3v) is 1.92. The monoisotopic (exact) mass is 245 g/mol. The van der Waals surface area contributed by atoms with Crippen molar-refractivity contribution in [2.45, 2.75) is 65.2 Å². The molecular weight excluding hydrogens is 222 g/mol. The van der Waals surface area contributed by atoms with Crippen LogP contribution in [-0.4, -0.2) is 30.2 Å². The van der Waals surface area contributed by atoms with Crippen LogP contribution in [0.5, 0.6) is 0 Å². The summed E-state index contributed by atoms with van der Waals surface area (Å²) in [6.45, 7) is 7.13. The summed E-state index contributed by atoms with van der Waals surface area (Å²) < 4.78 is 9.92. The van der Waals surface area contributed by atoms with E-state index in [0.29, 0.717) is 12.8 Å². The Bertz CT molecular complexity index is 251. The van der Waals surface area contributed by atoms with Crippen molar-refractivity contribution in [2.24, 2.45) is 5.73 Å². The Balaban J connectivity index is 3.74. The van der Waals surface area contributed by atoms with E-state index >= 15 is 0 Å². The Labute approximate surface area is 103 Å². The first-order valence-electron chi connectivity index (χ1n) is 5.98. The SMILES string of the molecule is CC(C)OC(=O)CCC[C@H](N)C(=O)OC(C)C. The fourth-order valence-electron chi connectivity index (χ4n) is 1.23. The summed E-state index contributed by atoms with van der Waals surface area (Å²) in [5, 5.41) is 0. The van der Waals surface area contributed by atoms with Crippen molar-refractivity contribution in [3.8, 4) is 0 Å². The van der Waals surface area contributed by atoms with E-state index in [1.54, 1.807) is 27.7 Å². The lowest BCUT2D eigenvalue weighted by Gasteiger charge is -2.13. The summed E-state index contributed by atoms with van der Waals surface area (Å²) in [4.78, 5) is 22.5. The van der Waals surface area contributed by atoms with Crippen molar-refractivity contribution in [2.75, 3.05) is 0 Å². The molecule has 2 N–H and O–H groups in total. The van der Waals surface area contributed by atoms with Gasteiger partial charge in [0.1, 0.15) is 6.04 Å². The van der Waals surface area contributed by atoms with Crippen molar-refractivity contribution in [3.63, 3.8) is 0 Å². The molecule has 0 amide bonds. The molecule has 5 nitrogen and oxygen atoms in total. The lowest BCUT2D eigenvalue weighted by Crippen LogP contribution is -2.33. The molecule has 17 heavy (non-hydrogen) atoms. The van der Waals surface area contributed by atoms with Gasteiger partial charge in [-0.2, -0.15) is 0 Å². The molecule has 100 valence electrons. The van der Waals surface area contributed by atoms with Crippen molar-refractivity contribution in [3.05, 3.63) is 0 Å². The number of esters is 2. The Hall–Kier alpha value is -1.10. The van der Waals surface area contributed by atoms with E-state index in [2.05, 4.69) is 0 Å². The van der Waals surface area contributed by atoms with Crippen LogP contribution >= 0.6 is 0 Å². The van der Waals surface area contributed by atoms with Crippen LogP contribution < -0.4 is 5.73 Å². The van der Waals surface area contributed by atoms with E-state index in [0.717, 1.165) is 0 Å². The van der Waals surface area contributed by atoms with Gasteiger partial charge in [-0.3, -0.25) is 9.59 Å². The molecule has 0 saturated carbocycles. The van der Waals surface area contributed by atoms with Crippen LogP contribution in [0.4, 0.5) is 0 Å². The topological polar surface area (TPSA) is 78.6 Å². The highest BCUT2D eigenvalue weighted by Gasteiger charge is 2.16. The first-order chi connectivity index (χ1) is 7.82. The Morgan fingerprint density at radius 3 is 2.06 bits per heavy atom. The largest absolute Gasteiger partial charge is 0.463 e. The number of rotatable bonds is 7. The fourth-order valence-corrected chi connectivity index (χ4v) is 1.23. The second-order valence-electron chi connectivity index (χ2n) is 4.52. The van der Waals surface area contributed by atoms with E-state index in [1.807, 2.05) is 0 Å². The normalized spacial score (nSPS) is 12.6. The van der Waals surface area contributed by atoms with Crippen molar-refractivity contribution < 1.29 is 19.1 Å². The number of nitrogens with two attached hydrogens (primary N) is 1. The number of hydrogen-bond donors (Lipinski definition) is 1. The van der Waals surface area contributed by atoms with Gasteiger partial charge in [0.2, 0.25) is 0 Å². The smallest absolute Gasteiger partial charge is 0.323 e. The fraction of sp³-hybridized carbons (Fsp3) is 0.833. The number of ether oxygens (including phenoxy) is 2. The minimum Gasteiger partial charge on any atom is -0.463 e. The number of carbonyl (C=O) groups excluding carboxylic acids is 2. The highest BCUT2D eigenvalue weighted by atomic mass is 16.5. The Kier molecular flexibility index (Phi) is 7.54. The molecule has 0 fully saturated rings. The Morgan fingerprint density at radius 2 is 1.59 bits per heavy atom. The first kappa shape index (κ1) is 15.9. The number of hydrogen-bond acceptors (Lipinski definition) is 5. The molecule has 0 spiro atoms. The van der Waals surface area contributed by atoms with Crippen LogP contribution in [0.25, 0.3) is 0 Å².